The van der Waals surface area contributed by atoms with Gasteiger partial charge in [0.25, 0.3) is 0 Å². The first kappa shape index (κ1) is 24.5. The maximum absolute atomic E-state index is 13.5. The lowest BCUT2D eigenvalue weighted by atomic mass is 9.92. The monoisotopic (exact) mass is 495 g/mol. The number of amidine groups is 1. The van der Waals surface area contributed by atoms with E-state index in [2.05, 4.69) is 5.32 Å². The number of nitrogens with one attached hydrogen (secondary N) is 1. The smallest absolute Gasteiger partial charge is 0.338 e. The van der Waals surface area contributed by atoms with Gasteiger partial charge in [-0.15, -0.1) is 0 Å². The number of fused-ring (bicyclic) bond motifs is 1. The number of rotatable bonds is 8. The summed E-state index contributed by atoms with van der Waals surface area (Å²) >= 11 is 1.41. The van der Waals surface area contributed by atoms with Crippen LogP contribution in [0.2, 0.25) is 0 Å². The van der Waals surface area contributed by atoms with E-state index in [1.54, 1.807) is 19.2 Å². The van der Waals surface area contributed by atoms with Gasteiger partial charge in [0.1, 0.15) is 11.6 Å². The number of carbonyl (C=O) groups is 2. The topological polar surface area (TPSA) is 80.2 Å². The minimum atomic E-state index is -0.530. The highest BCUT2D eigenvalue weighted by atomic mass is 32.2. The molecule has 9 heteroatoms. The first-order valence-electron chi connectivity index (χ1n) is 11.1. The zero-order valence-electron chi connectivity index (χ0n) is 19.7. The summed E-state index contributed by atoms with van der Waals surface area (Å²) < 4.78 is 24.0. The number of benzene rings is 2. The summed E-state index contributed by atoms with van der Waals surface area (Å²) in [6.45, 7) is 2.15. The van der Waals surface area contributed by atoms with Crippen molar-refractivity contribution in [3.8, 4) is 5.75 Å². The molecule has 0 bridgehead atoms. The molecular weight excluding hydrogens is 469 g/mol. The van der Waals surface area contributed by atoms with Crippen LogP contribution in [0.15, 0.2) is 75.9 Å². The molecule has 1 amide bonds. The second kappa shape index (κ2) is 10.8. The molecule has 0 radical (unpaired) electrons. The standard InChI is InChI=1S/C26H26FN3O4S/c1-4-21-23(25(32)34-3)24(17-8-6-10-20(12-17)33-2)30-19(15-35-26(30)29-21)13-22(31)28-14-16-7-5-9-18(27)11-16/h5-12,15,24H,4,13-14H2,1-3H3,(H,28,31)/t24-/m0/s1. The van der Waals surface area contributed by atoms with Crippen LogP contribution in [0, 0.1) is 5.82 Å². The SMILES string of the molecule is CCC1=C(C(=O)OC)[C@H](c2cccc(OC)c2)N2C(CC(=O)NCc3cccc(F)c3)=CSC2=N1. The van der Waals surface area contributed by atoms with Crippen molar-refractivity contribution in [3.05, 3.63) is 87.9 Å². The van der Waals surface area contributed by atoms with E-state index in [4.69, 9.17) is 14.5 Å². The number of amides is 1. The molecule has 1 atom stereocenters. The van der Waals surface area contributed by atoms with Gasteiger partial charge in [0.15, 0.2) is 5.17 Å². The van der Waals surface area contributed by atoms with Crippen molar-refractivity contribution in [2.75, 3.05) is 14.2 Å². The maximum atomic E-state index is 13.5. The van der Waals surface area contributed by atoms with Gasteiger partial charge in [-0.3, -0.25) is 4.79 Å². The summed E-state index contributed by atoms with van der Waals surface area (Å²) in [7, 11) is 2.93. The molecule has 182 valence electrons. The van der Waals surface area contributed by atoms with E-state index >= 15 is 0 Å². The summed E-state index contributed by atoms with van der Waals surface area (Å²) in [5.41, 5.74) is 3.27. The molecule has 7 nitrogen and oxygen atoms in total. The molecule has 2 aromatic rings. The lowest BCUT2D eigenvalue weighted by Crippen LogP contribution is -2.38. The van der Waals surface area contributed by atoms with Crippen LogP contribution in [0.3, 0.4) is 0 Å². The summed E-state index contributed by atoms with van der Waals surface area (Å²) in [6.07, 6.45) is 0.615. The fourth-order valence-electron chi connectivity index (χ4n) is 4.11. The van der Waals surface area contributed by atoms with Gasteiger partial charge in [0, 0.05) is 12.2 Å². The van der Waals surface area contributed by atoms with E-state index < -0.39 is 12.0 Å². The predicted molar refractivity (Wildman–Crippen MR) is 133 cm³/mol. The van der Waals surface area contributed by atoms with Crippen LogP contribution in [-0.2, 0) is 20.9 Å². The van der Waals surface area contributed by atoms with Crippen LogP contribution in [0.1, 0.15) is 36.9 Å². The summed E-state index contributed by atoms with van der Waals surface area (Å²) in [5, 5.41) is 5.41. The summed E-state index contributed by atoms with van der Waals surface area (Å²) in [6, 6.07) is 13.0. The molecule has 1 N–H and O–H groups in total. The number of methoxy groups -OCH3 is 2. The van der Waals surface area contributed by atoms with E-state index in [0.717, 1.165) is 5.56 Å². The Bertz CT molecular complexity index is 1240. The number of halogens is 1. The van der Waals surface area contributed by atoms with Crippen LogP contribution >= 0.6 is 11.8 Å². The number of ether oxygens (including phenoxy) is 2. The number of allylic oxidation sites excluding steroid dienone is 1. The highest BCUT2D eigenvalue weighted by Crippen LogP contribution is 2.45. The van der Waals surface area contributed by atoms with Crippen LogP contribution < -0.4 is 10.1 Å². The van der Waals surface area contributed by atoms with Gasteiger partial charge in [-0.05, 0) is 47.2 Å². The number of carbonyl (C=O) groups excluding carboxylic acids is 2. The average molecular weight is 496 g/mol. The fraction of sp³-hybridized carbons (Fsp3) is 0.269. The Morgan fingerprint density at radius 3 is 2.69 bits per heavy atom. The molecule has 0 aromatic heterocycles. The lowest BCUT2D eigenvalue weighted by Gasteiger charge is -2.36. The van der Waals surface area contributed by atoms with E-state index in [-0.39, 0.29) is 24.7 Å². The predicted octanol–water partition coefficient (Wildman–Crippen LogP) is 4.68. The Morgan fingerprint density at radius 1 is 1.17 bits per heavy atom. The molecule has 0 saturated heterocycles. The Labute approximate surface area is 207 Å². The quantitative estimate of drug-likeness (QED) is 0.536. The molecule has 0 fully saturated rings. The lowest BCUT2D eigenvalue weighted by molar-refractivity contribution is -0.136. The Morgan fingerprint density at radius 2 is 1.97 bits per heavy atom. The molecule has 2 heterocycles. The number of esters is 1. The minimum absolute atomic E-state index is 0.0672. The Balaban J connectivity index is 1.63. The normalized spacial score (nSPS) is 16.9. The Hall–Kier alpha value is -3.59. The van der Waals surface area contributed by atoms with Gasteiger partial charge < -0.3 is 19.7 Å². The first-order chi connectivity index (χ1) is 16.9. The van der Waals surface area contributed by atoms with Gasteiger partial charge in [-0.25, -0.2) is 14.2 Å². The number of hydrogen-bond acceptors (Lipinski definition) is 7. The number of thioether (sulfide) groups is 1. The second-order valence-corrected chi connectivity index (χ2v) is 8.80. The second-order valence-electron chi connectivity index (χ2n) is 7.96. The molecule has 4 rings (SSSR count). The van der Waals surface area contributed by atoms with Gasteiger partial charge in [0.05, 0.1) is 38.0 Å². The van der Waals surface area contributed by atoms with E-state index in [1.807, 2.05) is 41.5 Å². The molecular formula is C26H26FN3O4S. The van der Waals surface area contributed by atoms with E-state index in [0.29, 0.717) is 39.9 Å². The third-order valence-corrected chi connectivity index (χ3v) is 6.65. The third-order valence-electron chi connectivity index (χ3n) is 5.76. The highest BCUT2D eigenvalue weighted by molar-refractivity contribution is 8.16. The maximum Gasteiger partial charge on any atom is 0.338 e. The van der Waals surface area contributed by atoms with Crippen molar-refractivity contribution in [1.82, 2.24) is 10.2 Å². The van der Waals surface area contributed by atoms with Crippen molar-refractivity contribution in [2.24, 2.45) is 4.99 Å². The third kappa shape index (κ3) is 5.24. The van der Waals surface area contributed by atoms with Crippen molar-refractivity contribution >= 4 is 28.8 Å². The van der Waals surface area contributed by atoms with Crippen molar-refractivity contribution in [1.29, 1.82) is 0 Å². The molecule has 0 saturated carbocycles. The first-order valence-corrected chi connectivity index (χ1v) is 12.0. The zero-order chi connectivity index (χ0) is 24.9. The zero-order valence-corrected chi connectivity index (χ0v) is 20.5. The minimum Gasteiger partial charge on any atom is -0.497 e. The molecule has 0 spiro atoms. The average Bonchev–Trinajstić information content (AvgIpc) is 3.27. The molecule has 0 unspecified atom stereocenters. The summed E-state index contributed by atoms with van der Waals surface area (Å²) in [5.74, 6) is -0.393. The van der Waals surface area contributed by atoms with Crippen molar-refractivity contribution in [2.45, 2.75) is 32.4 Å². The van der Waals surface area contributed by atoms with E-state index in [9.17, 15) is 14.0 Å². The molecule has 2 aliphatic heterocycles. The molecule has 2 aromatic carbocycles. The van der Waals surface area contributed by atoms with Gasteiger partial charge in [-0.1, -0.05) is 43.0 Å². The molecule has 2 aliphatic rings. The van der Waals surface area contributed by atoms with Gasteiger partial charge in [0.2, 0.25) is 5.91 Å². The fourth-order valence-corrected chi connectivity index (χ4v) is 5.05. The van der Waals surface area contributed by atoms with Crippen LogP contribution in [0.4, 0.5) is 4.39 Å². The van der Waals surface area contributed by atoms with Gasteiger partial charge in [-0.2, -0.15) is 0 Å². The Kier molecular flexibility index (Phi) is 7.55. The van der Waals surface area contributed by atoms with Crippen molar-refractivity contribution < 1.29 is 23.5 Å². The number of hydrogen-bond donors (Lipinski definition) is 1. The van der Waals surface area contributed by atoms with E-state index in [1.165, 1.54) is 31.0 Å². The van der Waals surface area contributed by atoms with Crippen LogP contribution in [-0.4, -0.2) is 36.2 Å². The van der Waals surface area contributed by atoms with Crippen molar-refractivity contribution in [3.63, 3.8) is 0 Å². The highest BCUT2D eigenvalue weighted by Gasteiger charge is 2.41. The summed E-state index contributed by atoms with van der Waals surface area (Å²) in [4.78, 5) is 32.4. The van der Waals surface area contributed by atoms with Crippen LogP contribution in [0.5, 0.6) is 5.75 Å². The van der Waals surface area contributed by atoms with Gasteiger partial charge >= 0.3 is 5.97 Å². The number of aliphatic imine (C=N–C) groups is 1. The largest absolute Gasteiger partial charge is 0.497 e. The molecule has 35 heavy (non-hydrogen) atoms. The number of nitrogens with zero attached hydrogens (tertiary/aromatic N) is 2. The molecule has 0 aliphatic carbocycles. The van der Waals surface area contributed by atoms with Crippen LogP contribution in [0.25, 0.3) is 0 Å².